The van der Waals surface area contributed by atoms with E-state index in [1.807, 2.05) is 0 Å². The zero-order valence-corrected chi connectivity index (χ0v) is 18.3. The fourth-order valence-corrected chi connectivity index (χ4v) is 5.51. The molecule has 5 heterocycles. The van der Waals surface area contributed by atoms with E-state index in [2.05, 4.69) is 15.0 Å². The molecule has 2 saturated heterocycles. The Hall–Kier alpha value is -3.19. The van der Waals surface area contributed by atoms with Gasteiger partial charge in [0, 0.05) is 11.5 Å². The average Bonchev–Trinajstić information content (AvgIpc) is 3.39. The zero-order chi connectivity index (χ0) is 23.4. The van der Waals surface area contributed by atoms with Crippen LogP contribution in [0.1, 0.15) is 11.8 Å². The number of benzene rings is 1. The van der Waals surface area contributed by atoms with Crippen molar-refractivity contribution in [1.82, 2.24) is 19.5 Å². The zero-order valence-electron chi connectivity index (χ0n) is 17.4. The predicted molar refractivity (Wildman–Crippen MR) is 115 cm³/mol. The lowest BCUT2D eigenvalue weighted by Crippen LogP contribution is -2.39. The quantitative estimate of drug-likeness (QED) is 0.314. The Morgan fingerprint density at radius 1 is 1.26 bits per heavy atom. The number of rotatable bonds is 4. The molecule has 0 saturated carbocycles. The van der Waals surface area contributed by atoms with Crippen molar-refractivity contribution < 1.29 is 32.4 Å². The molecule has 3 N–H and O–H groups in total. The Balaban J connectivity index is 1.22. The lowest BCUT2D eigenvalue weighted by molar-refractivity contribution is -0.0714. The van der Waals surface area contributed by atoms with E-state index >= 15 is 0 Å². The first-order chi connectivity index (χ1) is 16.4. The minimum Gasteiger partial charge on any atom is -0.423 e. The SMILES string of the molecule is Nc1ncnc2c1ncn2[C@@H]1O[C@@H]2CO[P@@](=O)(OCc3cc(=O)oc4ccccc34)O[C@H]2[C@H]1O. The summed E-state index contributed by atoms with van der Waals surface area (Å²) in [6, 6.07) is 8.15. The highest BCUT2D eigenvalue weighted by Crippen LogP contribution is 2.57. The standard InChI is InChI=1S/C20H18N5O8P/c21-18-15-19(23-8-22-18)25(9-24-15)20-16(27)17-13(32-20)7-30-34(28,33-17)29-6-10-5-14(26)31-12-4-2-1-3-11(10)12/h1-5,8-9,13,16-17,20,27H,6-7H2,(H2,21,22,23)/t13-,16-,17-,20-,34-/m1/s1. The molecule has 0 radical (unpaired) electrons. The Kier molecular flexibility index (Phi) is 4.99. The smallest absolute Gasteiger partial charge is 0.423 e. The summed E-state index contributed by atoms with van der Waals surface area (Å²) in [6.07, 6.45) is -1.19. The van der Waals surface area contributed by atoms with Gasteiger partial charge in [0.05, 0.1) is 19.5 Å². The highest BCUT2D eigenvalue weighted by molar-refractivity contribution is 7.48. The summed E-state index contributed by atoms with van der Waals surface area (Å²) in [5, 5.41) is 11.5. The van der Waals surface area contributed by atoms with Crippen molar-refractivity contribution in [1.29, 1.82) is 0 Å². The van der Waals surface area contributed by atoms with Crippen LogP contribution < -0.4 is 11.4 Å². The van der Waals surface area contributed by atoms with E-state index in [-0.39, 0.29) is 19.0 Å². The molecular weight excluding hydrogens is 469 g/mol. The second-order valence-electron chi connectivity index (χ2n) is 7.81. The molecule has 2 aliphatic rings. The largest absolute Gasteiger partial charge is 0.475 e. The van der Waals surface area contributed by atoms with Crippen molar-refractivity contribution in [3.05, 3.63) is 59.0 Å². The lowest BCUT2D eigenvalue weighted by Gasteiger charge is -2.30. The van der Waals surface area contributed by atoms with Crippen LogP contribution in [0.15, 0.2) is 52.2 Å². The number of nitrogens with two attached hydrogens (primary N) is 1. The Morgan fingerprint density at radius 2 is 2.12 bits per heavy atom. The summed E-state index contributed by atoms with van der Waals surface area (Å²) in [4.78, 5) is 24.1. The van der Waals surface area contributed by atoms with Crippen LogP contribution in [-0.4, -0.2) is 49.5 Å². The van der Waals surface area contributed by atoms with Crippen LogP contribution in [-0.2, 0) is 29.5 Å². The van der Waals surface area contributed by atoms with Crippen LogP contribution >= 0.6 is 7.82 Å². The van der Waals surface area contributed by atoms with Crippen molar-refractivity contribution >= 4 is 35.8 Å². The van der Waals surface area contributed by atoms with E-state index in [4.69, 9.17) is 28.5 Å². The molecule has 6 rings (SSSR count). The van der Waals surface area contributed by atoms with Crippen molar-refractivity contribution in [3.8, 4) is 0 Å². The van der Waals surface area contributed by atoms with Crippen LogP contribution in [0, 0.1) is 0 Å². The van der Waals surface area contributed by atoms with Gasteiger partial charge in [0.15, 0.2) is 17.7 Å². The molecule has 1 aromatic carbocycles. The molecule has 0 spiro atoms. The molecule has 0 bridgehead atoms. The molecule has 0 unspecified atom stereocenters. The molecule has 2 aliphatic heterocycles. The molecule has 5 atom stereocenters. The lowest BCUT2D eigenvalue weighted by atomic mass is 10.1. The van der Waals surface area contributed by atoms with Gasteiger partial charge < -0.3 is 20.0 Å². The first-order valence-electron chi connectivity index (χ1n) is 10.3. The minimum absolute atomic E-state index is 0.142. The predicted octanol–water partition coefficient (Wildman–Crippen LogP) is 1.51. The van der Waals surface area contributed by atoms with Crippen molar-refractivity contribution in [2.75, 3.05) is 12.3 Å². The summed E-state index contributed by atoms with van der Waals surface area (Å²) >= 11 is 0. The maximum Gasteiger partial charge on any atom is 0.475 e. The number of aromatic nitrogens is 4. The van der Waals surface area contributed by atoms with Crippen LogP contribution in [0.4, 0.5) is 5.82 Å². The number of fused-ring (bicyclic) bond motifs is 3. The number of hydrogen-bond donors (Lipinski definition) is 2. The summed E-state index contributed by atoms with van der Waals surface area (Å²) in [5.74, 6) is 0.189. The molecule has 14 heteroatoms. The minimum atomic E-state index is -4.08. The van der Waals surface area contributed by atoms with E-state index in [0.717, 1.165) is 0 Å². The van der Waals surface area contributed by atoms with Crippen LogP contribution in [0.25, 0.3) is 22.1 Å². The van der Waals surface area contributed by atoms with Crippen LogP contribution in [0.5, 0.6) is 0 Å². The number of nitrogens with zero attached hydrogens (tertiary/aromatic N) is 4. The number of anilines is 1. The van der Waals surface area contributed by atoms with Gasteiger partial charge in [0.1, 0.15) is 35.7 Å². The van der Waals surface area contributed by atoms with Crippen molar-refractivity contribution in [2.45, 2.75) is 31.1 Å². The third-order valence-electron chi connectivity index (χ3n) is 5.73. The van der Waals surface area contributed by atoms with Gasteiger partial charge in [-0.3, -0.25) is 18.1 Å². The number of aliphatic hydroxyl groups is 1. The molecule has 176 valence electrons. The number of nitrogen functional groups attached to an aromatic ring is 1. The number of aliphatic hydroxyl groups excluding tert-OH is 1. The van der Waals surface area contributed by atoms with Gasteiger partial charge in [-0.15, -0.1) is 0 Å². The summed E-state index contributed by atoms with van der Waals surface area (Å²) in [5.41, 5.74) is 6.81. The monoisotopic (exact) mass is 487 g/mol. The third-order valence-corrected chi connectivity index (χ3v) is 7.14. The van der Waals surface area contributed by atoms with Crippen molar-refractivity contribution in [3.63, 3.8) is 0 Å². The van der Waals surface area contributed by atoms with E-state index in [0.29, 0.717) is 27.7 Å². The van der Waals surface area contributed by atoms with Gasteiger partial charge in [-0.25, -0.2) is 24.3 Å². The number of para-hydroxylation sites is 1. The topological polar surface area (TPSA) is 174 Å². The number of ether oxygens (including phenoxy) is 1. The number of hydrogen-bond acceptors (Lipinski definition) is 12. The summed E-state index contributed by atoms with van der Waals surface area (Å²) < 4.78 is 42.2. The van der Waals surface area contributed by atoms with Gasteiger partial charge in [-0.05, 0) is 11.6 Å². The molecule has 3 aromatic heterocycles. The van der Waals surface area contributed by atoms with Crippen LogP contribution in [0.2, 0.25) is 0 Å². The molecule has 13 nitrogen and oxygen atoms in total. The fourth-order valence-electron chi connectivity index (χ4n) is 4.13. The van der Waals surface area contributed by atoms with E-state index in [1.165, 1.54) is 23.3 Å². The van der Waals surface area contributed by atoms with Gasteiger partial charge in [0.2, 0.25) is 0 Å². The van der Waals surface area contributed by atoms with E-state index in [9.17, 15) is 14.5 Å². The Morgan fingerprint density at radius 3 is 3.00 bits per heavy atom. The molecule has 34 heavy (non-hydrogen) atoms. The van der Waals surface area contributed by atoms with E-state index in [1.54, 1.807) is 24.3 Å². The van der Waals surface area contributed by atoms with Gasteiger partial charge in [0.25, 0.3) is 0 Å². The number of phosphoric acid groups is 1. The van der Waals surface area contributed by atoms with Gasteiger partial charge >= 0.3 is 13.4 Å². The normalized spacial score (nSPS) is 29.0. The highest BCUT2D eigenvalue weighted by Gasteiger charge is 2.53. The number of phosphoric ester groups is 1. The third kappa shape index (κ3) is 3.50. The second-order valence-corrected chi connectivity index (χ2v) is 9.43. The summed E-state index contributed by atoms with van der Waals surface area (Å²) in [6.45, 7) is -0.375. The molecule has 0 aliphatic carbocycles. The molecular formula is C20H18N5O8P. The molecule has 0 amide bonds. The number of imidazole rings is 1. The first-order valence-corrected chi connectivity index (χ1v) is 11.7. The Labute approximate surface area is 190 Å². The van der Waals surface area contributed by atoms with Crippen LogP contribution in [0.3, 0.4) is 0 Å². The van der Waals surface area contributed by atoms with E-state index < -0.39 is 38.0 Å². The fraction of sp³-hybridized carbons (Fsp3) is 0.300. The maximum atomic E-state index is 13.2. The second kappa shape index (κ2) is 7.94. The van der Waals surface area contributed by atoms with Gasteiger partial charge in [-0.1, -0.05) is 18.2 Å². The summed E-state index contributed by atoms with van der Waals surface area (Å²) in [7, 11) is -4.08. The highest BCUT2D eigenvalue weighted by atomic mass is 31.2. The molecule has 2 fully saturated rings. The first kappa shape index (κ1) is 21.4. The van der Waals surface area contributed by atoms with Crippen molar-refractivity contribution in [2.24, 2.45) is 0 Å². The maximum absolute atomic E-state index is 13.2. The Bertz CT molecular complexity index is 1510. The molecule has 4 aromatic rings. The van der Waals surface area contributed by atoms with Gasteiger partial charge in [-0.2, -0.15) is 0 Å². The average molecular weight is 487 g/mol.